The molecule has 1 aliphatic heterocycles. The zero-order valence-corrected chi connectivity index (χ0v) is 24.2. The summed E-state index contributed by atoms with van der Waals surface area (Å²) in [5.41, 5.74) is 6.46. The molecule has 9 heteroatoms. The van der Waals surface area contributed by atoms with Crippen molar-refractivity contribution >= 4 is 23.1 Å². The molecule has 1 aliphatic rings. The van der Waals surface area contributed by atoms with Crippen molar-refractivity contribution in [1.29, 1.82) is 0 Å². The van der Waals surface area contributed by atoms with E-state index in [9.17, 15) is 18.4 Å². The van der Waals surface area contributed by atoms with Gasteiger partial charge in [-0.15, -0.1) is 0 Å². The van der Waals surface area contributed by atoms with E-state index in [1.54, 1.807) is 17.0 Å². The van der Waals surface area contributed by atoms with Gasteiger partial charge in [0.25, 0.3) is 5.91 Å². The van der Waals surface area contributed by atoms with Gasteiger partial charge in [-0.25, -0.2) is 13.8 Å². The number of benzene rings is 2. The molecule has 0 aliphatic carbocycles. The predicted molar refractivity (Wildman–Crippen MR) is 157 cm³/mol. The van der Waals surface area contributed by atoms with Crippen LogP contribution in [-0.4, -0.2) is 68.0 Å². The molecular weight excluding hydrogens is 512 g/mol. The standard InChI is InChI=1S/C31H43F2N5O2/c1-6-24-16-23(4)28(17-27(24)22(3)12-13-29(32)33)37(20-30(39)35-15-14-34-7-2)21-31(40)36(5)38-18-25-10-8-9-11-26(25)19-38/h8-11,16-17,29,34H,3,6-7,12-15,18-21H2,1-2,4-5H3,(H,35,39). The van der Waals surface area contributed by atoms with Gasteiger partial charge in [-0.05, 0) is 65.8 Å². The summed E-state index contributed by atoms with van der Waals surface area (Å²) < 4.78 is 25.9. The van der Waals surface area contributed by atoms with Gasteiger partial charge in [0, 0.05) is 45.3 Å². The number of hydrogen-bond acceptors (Lipinski definition) is 5. The second kappa shape index (κ2) is 14.9. The SMILES string of the molecule is C=C(CCC(F)F)c1cc(N(CC(=O)NCCNCC)CC(=O)N(C)N2Cc3ccccc3C2)c(C)cc1CC. The lowest BCUT2D eigenvalue weighted by molar-refractivity contribution is -0.145. The highest BCUT2D eigenvalue weighted by Crippen LogP contribution is 2.32. The van der Waals surface area contributed by atoms with Crippen molar-refractivity contribution in [3.8, 4) is 0 Å². The molecule has 0 unspecified atom stereocenters. The fraction of sp³-hybridized carbons (Fsp3) is 0.484. The molecule has 0 bridgehead atoms. The smallest absolute Gasteiger partial charge is 0.256 e. The van der Waals surface area contributed by atoms with Gasteiger partial charge >= 0.3 is 0 Å². The summed E-state index contributed by atoms with van der Waals surface area (Å²) in [4.78, 5) is 28.3. The third-order valence-corrected chi connectivity index (χ3v) is 7.33. The summed E-state index contributed by atoms with van der Waals surface area (Å²) in [6.07, 6.45) is -1.77. The molecule has 2 aromatic rings. The zero-order chi connectivity index (χ0) is 29.2. The van der Waals surface area contributed by atoms with Crippen LogP contribution >= 0.6 is 0 Å². The molecule has 218 valence electrons. The first-order valence-corrected chi connectivity index (χ1v) is 14.0. The second-order valence-electron chi connectivity index (χ2n) is 10.3. The molecule has 0 saturated heterocycles. The molecule has 2 N–H and O–H groups in total. The Morgan fingerprint density at radius 3 is 2.35 bits per heavy atom. The molecule has 3 rings (SSSR count). The molecule has 0 saturated carbocycles. The maximum Gasteiger partial charge on any atom is 0.256 e. The summed E-state index contributed by atoms with van der Waals surface area (Å²) in [5, 5.41) is 9.72. The predicted octanol–water partition coefficient (Wildman–Crippen LogP) is 4.54. The number of amides is 2. The lowest BCUT2D eigenvalue weighted by Crippen LogP contribution is -2.48. The summed E-state index contributed by atoms with van der Waals surface area (Å²) in [6, 6.07) is 12.1. The van der Waals surface area contributed by atoms with Crippen molar-refractivity contribution in [3.05, 3.63) is 70.8 Å². The first-order chi connectivity index (χ1) is 19.1. The Morgan fingerprint density at radius 2 is 1.75 bits per heavy atom. The maximum atomic E-state index is 13.6. The number of hydrazine groups is 1. The monoisotopic (exact) mass is 555 g/mol. The van der Waals surface area contributed by atoms with Crippen LogP contribution in [0.15, 0.2) is 43.0 Å². The number of aryl methyl sites for hydroxylation is 2. The minimum atomic E-state index is -2.40. The molecule has 0 aromatic heterocycles. The maximum absolute atomic E-state index is 13.6. The molecule has 7 nitrogen and oxygen atoms in total. The Bertz CT molecular complexity index is 1160. The van der Waals surface area contributed by atoms with E-state index in [0.717, 1.165) is 28.9 Å². The normalized spacial score (nSPS) is 12.9. The van der Waals surface area contributed by atoms with Crippen LogP contribution in [0.2, 0.25) is 0 Å². The Labute approximate surface area is 237 Å². The first-order valence-electron chi connectivity index (χ1n) is 14.0. The van der Waals surface area contributed by atoms with Crippen LogP contribution < -0.4 is 15.5 Å². The molecule has 1 heterocycles. The van der Waals surface area contributed by atoms with Gasteiger partial charge < -0.3 is 15.5 Å². The highest BCUT2D eigenvalue weighted by molar-refractivity contribution is 5.87. The van der Waals surface area contributed by atoms with Crippen LogP contribution in [0.5, 0.6) is 0 Å². The second-order valence-corrected chi connectivity index (χ2v) is 10.3. The molecule has 0 radical (unpaired) electrons. The number of fused-ring (bicyclic) bond motifs is 1. The number of nitrogens with one attached hydrogen (secondary N) is 2. The number of alkyl halides is 2. The van der Waals surface area contributed by atoms with Crippen molar-refractivity contribution in [2.45, 2.75) is 59.5 Å². The van der Waals surface area contributed by atoms with Crippen molar-refractivity contribution < 1.29 is 18.4 Å². The van der Waals surface area contributed by atoms with Gasteiger partial charge in [0.1, 0.15) is 0 Å². The van der Waals surface area contributed by atoms with E-state index in [1.807, 2.05) is 50.0 Å². The van der Waals surface area contributed by atoms with Crippen molar-refractivity contribution in [1.82, 2.24) is 20.7 Å². The average molecular weight is 556 g/mol. The van der Waals surface area contributed by atoms with Crippen LogP contribution in [0.1, 0.15) is 54.5 Å². The van der Waals surface area contributed by atoms with E-state index >= 15 is 0 Å². The topological polar surface area (TPSA) is 67.9 Å². The van der Waals surface area contributed by atoms with E-state index < -0.39 is 6.43 Å². The summed E-state index contributed by atoms with van der Waals surface area (Å²) in [5.74, 6) is -0.343. The Kier molecular flexibility index (Phi) is 11.6. The minimum Gasteiger partial charge on any atom is -0.353 e. The molecular formula is C31H43F2N5O2. The molecule has 0 spiro atoms. The van der Waals surface area contributed by atoms with Gasteiger partial charge in [-0.2, -0.15) is 0 Å². The number of halogens is 2. The van der Waals surface area contributed by atoms with Gasteiger partial charge in [0.15, 0.2) is 0 Å². The van der Waals surface area contributed by atoms with E-state index in [-0.39, 0.29) is 37.7 Å². The van der Waals surface area contributed by atoms with Crippen LogP contribution in [0.4, 0.5) is 14.5 Å². The van der Waals surface area contributed by atoms with E-state index in [4.69, 9.17) is 0 Å². The van der Waals surface area contributed by atoms with Crippen LogP contribution in [0.25, 0.3) is 5.57 Å². The van der Waals surface area contributed by atoms with Gasteiger partial charge in [-0.3, -0.25) is 14.6 Å². The lowest BCUT2D eigenvalue weighted by atomic mass is 9.93. The fourth-order valence-corrected chi connectivity index (χ4v) is 5.01. The number of nitrogens with zero attached hydrogens (tertiary/aromatic N) is 3. The number of carbonyl (C=O) groups is 2. The summed E-state index contributed by atoms with van der Waals surface area (Å²) >= 11 is 0. The Hall–Kier alpha value is -3.30. The average Bonchev–Trinajstić information content (AvgIpc) is 3.37. The number of likely N-dealkylation sites (N-methyl/N-ethyl adjacent to an activating group) is 2. The zero-order valence-electron chi connectivity index (χ0n) is 24.2. The first kappa shape index (κ1) is 31.2. The number of allylic oxidation sites excluding steroid dienone is 1. The number of anilines is 1. The summed E-state index contributed by atoms with van der Waals surface area (Å²) in [6.45, 7) is 13.2. The Balaban J connectivity index is 1.85. The molecule has 0 fully saturated rings. The van der Waals surface area contributed by atoms with Gasteiger partial charge in [0.05, 0.1) is 13.1 Å². The van der Waals surface area contributed by atoms with Crippen LogP contribution in [-0.2, 0) is 29.1 Å². The third-order valence-electron chi connectivity index (χ3n) is 7.33. The molecule has 40 heavy (non-hydrogen) atoms. The molecule has 2 aromatic carbocycles. The lowest BCUT2D eigenvalue weighted by Gasteiger charge is -2.32. The van der Waals surface area contributed by atoms with Crippen molar-refractivity contribution in [2.24, 2.45) is 0 Å². The highest BCUT2D eigenvalue weighted by atomic mass is 19.3. The third kappa shape index (κ3) is 8.35. The van der Waals surface area contributed by atoms with Crippen LogP contribution in [0.3, 0.4) is 0 Å². The largest absolute Gasteiger partial charge is 0.353 e. The highest BCUT2D eigenvalue weighted by Gasteiger charge is 2.27. The minimum absolute atomic E-state index is 0.0127. The van der Waals surface area contributed by atoms with Crippen molar-refractivity contribution in [3.63, 3.8) is 0 Å². The quantitative estimate of drug-likeness (QED) is 0.316. The molecule has 0 atom stereocenters. The Morgan fingerprint density at radius 1 is 1.07 bits per heavy atom. The number of rotatable bonds is 15. The van der Waals surface area contributed by atoms with Gasteiger partial charge in [0.2, 0.25) is 12.3 Å². The fourth-order valence-electron chi connectivity index (χ4n) is 5.01. The van der Waals surface area contributed by atoms with E-state index in [0.29, 0.717) is 38.2 Å². The number of hydrogen-bond donors (Lipinski definition) is 2. The van der Waals surface area contributed by atoms with E-state index in [1.165, 1.54) is 11.1 Å². The number of carbonyl (C=O) groups excluding carboxylic acids is 2. The molecule has 2 amide bonds. The van der Waals surface area contributed by atoms with Crippen LogP contribution in [0, 0.1) is 6.92 Å². The summed E-state index contributed by atoms with van der Waals surface area (Å²) in [7, 11) is 1.76. The van der Waals surface area contributed by atoms with Gasteiger partial charge in [-0.1, -0.05) is 50.8 Å². The van der Waals surface area contributed by atoms with E-state index in [2.05, 4.69) is 29.3 Å². The van der Waals surface area contributed by atoms with Crippen molar-refractivity contribution in [2.75, 3.05) is 44.7 Å².